The van der Waals surface area contributed by atoms with Crippen molar-refractivity contribution in [1.29, 1.82) is 0 Å². The number of esters is 1. The van der Waals surface area contributed by atoms with E-state index < -0.39 is 24.5 Å². The van der Waals surface area contributed by atoms with Crippen molar-refractivity contribution in [3.63, 3.8) is 0 Å². The van der Waals surface area contributed by atoms with Gasteiger partial charge in [0.25, 0.3) is 5.56 Å². The first-order chi connectivity index (χ1) is 23.0. The lowest BCUT2D eigenvalue weighted by Crippen LogP contribution is -2.30. The SMILES string of the molecule is COc1cc2c(cc1OC(=O)N(C)c1ccccc1OC(=O)CCC(=O)O)c(=O)n(CCN(C)C)c1c3cc4c(cc3ncc21)OCO4. The lowest BCUT2D eigenvalue weighted by molar-refractivity contribution is -0.142. The highest BCUT2D eigenvalue weighted by molar-refractivity contribution is 6.15. The van der Waals surface area contributed by atoms with Crippen LogP contribution >= 0.6 is 0 Å². The summed E-state index contributed by atoms with van der Waals surface area (Å²) in [6.45, 7) is 1.02. The summed E-state index contributed by atoms with van der Waals surface area (Å²) in [4.78, 5) is 58.6. The van der Waals surface area contributed by atoms with Gasteiger partial charge in [-0.3, -0.25) is 24.3 Å². The maximum Gasteiger partial charge on any atom is 0.419 e. The maximum atomic E-state index is 14.3. The fourth-order valence-electron chi connectivity index (χ4n) is 5.48. The number of amides is 1. The van der Waals surface area contributed by atoms with E-state index in [0.29, 0.717) is 51.8 Å². The van der Waals surface area contributed by atoms with Crippen LogP contribution in [0, 0.1) is 0 Å². The van der Waals surface area contributed by atoms with Crippen molar-refractivity contribution in [3.8, 4) is 28.7 Å². The number of rotatable bonds is 10. The summed E-state index contributed by atoms with van der Waals surface area (Å²) < 4.78 is 29.6. The number of carbonyl (C=O) groups is 3. The predicted molar refractivity (Wildman–Crippen MR) is 176 cm³/mol. The van der Waals surface area contributed by atoms with Gasteiger partial charge in [0.15, 0.2) is 28.7 Å². The molecule has 1 N–H and O–H groups in total. The van der Waals surface area contributed by atoms with Crippen LogP contribution in [0.15, 0.2) is 59.5 Å². The summed E-state index contributed by atoms with van der Waals surface area (Å²) in [5.74, 6) is -0.553. The lowest BCUT2D eigenvalue weighted by atomic mass is 10.0. The molecule has 0 bridgehead atoms. The number of likely N-dealkylation sites (N-methyl/N-ethyl adjacent to an activating group) is 1. The molecule has 1 amide bonds. The molecule has 3 heterocycles. The third-order valence-corrected chi connectivity index (χ3v) is 7.91. The monoisotopic (exact) mass is 656 g/mol. The van der Waals surface area contributed by atoms with E-state index in [9.17, 15) is 19.2 Å². The Morgan fingerprint density at radius 3 is 2.35 bits per heavy atom. The highest BCUT2D eigenvalue weighted by atomic mass is 16.7. The van der Waals surface area contributed by atoms with Gasteiger partial charge < -0.3 is 38.3 Å². The van der Waals surface area contributed by atoms with Gasteiger partial charge in [-0.1, -0.05) is 12.1 Å². The van der Waals surface area contributed by atoms with Crippen molar-refractivity contribution in [1.82, 2.24) is 14.5 Å². The van der Waals surface area contributed by atoms with Crippen molar-refractivity contribution >= 4 is 56.3 Å². The quantitative estimate of drug-likeness (QED) is 0.128. The van der Waals surface area contributed by atoms with Crippen LogP contribution in [0.4, 0.5) is 10.5 Å². The van der Waals surface area contributed by atoms with E-state index in [1.807, 2.05) is 25.1 Å². The van der Waals surface area contributed by atoms with E-state index >= 15 is 0 Å². The molecule has 0 fully saturated rings. The number of anilines is 1. The molecule has 3 aromatic carbocycles. The zero-order chi connectivity index (χ0) is 34.1. The molecule has 0 spiro atoms. The number of methoxy groups -OCH3 is 1. The third-order valence-electron chi connectivity index (χ3n) is 7.91. The Labute approximate surface area is 273 Å². The molecule has 1 aliphatic rings. The van der Waals surface area contributed by atoms with Gasteiger partial charge in [0.2, 0.25) is 6.79 Å². The first-order valence-corrected chi connectivity index (χ1v) is 14.9. The van der Waals surface area contributed by atoms with Crippen LogP contribution in [-0.2, 0) is 16.1 Å². The molecule has 5 aromatic rings. The molecule has 1 aliphatic heterocycles. The van der Waals surface area contributed by atoms with Gasteiger partial charge in [-0.05, 0) is 44.4 Å². The number of para-hydroxylation sites is 2. The smallest absolute Gasteiger partial charge is 0.419 e. The molecule has 0 aliphatic carbocycles. The number of hydrogen-bond acceptors (Lipinski definition) is 11. The molecular weight excluding hydrogens is 624 g/mol. The molecule has 0 saturated heterocycles. The van der Waals surface area contributed by atoms with Crippen molar-refractivity contribution in [3.05, 3.63) is 65.1 Å². The maximum absolute atomic E-state index is 14.3. The highest BCUT2D eigenvalue weighted by Gasteiger charge is 2.24. The highest BCUT2D eigenvalue weighted by Crippen LogP contribution is 2.40. The van der Waals surface area contributed by atoms with E-state index in [1.165, 1.54) is 32.4 Å². The molecule has 0 radical (unpaired) electrons. The standard InChI is InChI=1S/C34H32N4O10/c1-36(2)11-12-38-32-21-15-27-28(46-18-45-27)16-23(21)35-17-22(32)19-13-26(44-4)29(14-20(19)33(38)42)48-34(43)37(3)24-7-5-6-8-25(24)47-31(41)10-9-30(39)40/h5-8,13-17H,9-12,18H2,1-4H3,(H,39,40). The number of aromatic nitrogens is 2. The summed E-state index contributed by atoms with van der Waals surface area (Å²) in [5.41, 5.74) is 1.19. The number of nitrogens with zero attached hydrogens (tertiary/aromatic N) is 4. The predicted octanol–water partition coefficient (Wildman–Crippen LogP) is 4.41. The summed E-state index contributed by atoms with van der Waals surface area (Å²) >= 11 is 0. The van der Waals surface area contributed by atoms with Crippen LogP contribution < -0.4 is 34.1 Å². The minimum atomic E-state index is -1.14. The van der Waals surface area contributed by atoms with E-state index in [1.54, 1.807) is 35.0 Å². The largest absolute Gasteiger partial charge is 0.493 e. The Hall–Kier alpha value is -5.89. The van der Waals surface area contributed by atoms with Crippen LogP contribution in [0.5, 0.6) is 28.7 Å². The normalized spacial score (nSPS) is 12.1. The number of carboxylic acids is 1. The molecule has 14 nitrogen and oxygen atoms in total. The molecule has 0 saturated carbocycles. The summed E-state index contributed by atoms with van der Waals surface area (Å²) in [5, 5.41) is 11.1. The van der Waals surface area contributed by atoms with Gasteiger partial charge in [0, 0.05) is 48.6 Å². The first kappa shape index (κ1) is 32.1. The second kappa shape index (κ2) is 13.1. The van der Waals surface area contributed by atoms with Crippen molar-refractivity contribution in [2.75, 3.05) is 46.5 Å². The average Bonchev–Trinajstić information content (AvgIpc) is 3.53. The van der Waals surface area contributed by atoms with Gasteiger partial charge in [0.05, 0.1) is 42.1 Å². The summed E-state index contributed by atoms with van der Waals surface area (Å²) in [6.07, 6.45) is 0.0908. The van der Waals surface area contributed by atoms with Gasteiger partial charge in [-0.2, -0.15) is 0 Å². The number of ether oxygens (including phenoxy) is 5. The molecule has 14 heteroatoms. The van der Waals surface area contributed by atoms with Crippen LogP contribution in [0.2, 0.25) is 0 Å². The Balaban J connectivity index is 1.42. The fourth-order valence-corrected chi connectivity index (χ4v) is 5.48. The summed E-state index contributed by atoms with van der Waals surface area (Å²) in [7, 11) is 6.67. The lowest BCUT2D eigenvalue weighted by Gasteiger charge is -2.21. The van der Waals surface area contributed by atoms with Gasteiger partial charge in [0.1, 0.15) is 0 Å². The van der Waals surface area contributed by atoms with Crippen LogP contribution in [0.3, 0.4) is 0 Å². The molecule has 48 heavy (non-hydrogen) atoms. The zero-order valence-corrected chi connectivity index (χ0v) is 26.6. The van der Waals surface area contributed by atoms with Crippen LogP contribution in [0.1, 0.15) is 12.8 Å². The van der Waals surface area contributed by atoms with Crippen LogP contribution in [-0.4, -0.2) is 79.2 Å². The Bertz CT molecular complexity index is 2160. The number of hydrogen-bond donors (Lipinski definition) is 1. The zero-order valence-electron chi connectivity index (χ0n) is 26.6. The minimum Gasteiger partial charge on any atom is -0.493 e. The number of carbonyl (C=O) groups excluding carboxylic acids is 2. The second-order valence-corrected chi connectivity index (χ2v) is 11.3. The van der Waals surface area contributed by atoms with Gasteiger partial charge in [-0.15, -0.1) is 0 Å². The topological polar surface area (TPSA) is 159 Å². The summed E-state index contributed by atoms with van der Waals surface area (Å²) in [6, 6.07) is 13.0. The number of fused-ring (bicyclic) bond motifs is 6. The van der Waals surface area contributed by atoms with Gasteiger partial charge >= 0.3 is 18.0 Å². The fraction of sp³-hybridized carbons (Fsp3) is 0.265. The molecule has 2 aromatic heterocycles. The van der Waals surface area contributed by atoms with E-state index in [2.05, 4.69) is 4.98 Å². The molecule has 6 rings (SSSR count). The van der Waals surface area contributed by atoms with E-state index in [4.69, 9.17) is 28.8 Å². The third kappa shape index (κ3) is 6.12. The van der Waals surface area contributed by atoms with E-state index in [-0.39, 0.29) is 47.1 Å². The van der Waals surface area contributed by atoms with Crippen LogP contribution in [0.25, 0.3) is 32.6 Å². The first-order valence-electron chi connectivity index (χ1n) is 14.9. The number of aliphatic carboxylic acids is 1. The van der Waals surface area contributed by atoms with Crippen molar-refractivity contribution in [2.45, 2.75) is 19.4 Å². The Morgan fingerprint density at radius 2 is 1.62 bits per heavy atom. The molecule has 0 atom stereocenters. The molecule has 248 valence electrons. The van der Waals surface area contributed by atoms with Crippen molar-refractivity contribution < 1.29 is 43.2 Å². The Kier molecular flexibility index (Phi) is 8.74. The Morgan fingerprint density at radius 1 is 0.896 bits per heavy atom. The molecule has 0 unspecified atom stereocenters. The minimum absolute atomic E-state index is 0.00879. The molecular formula is C34H32N4O10. The number of carboxylic acid groups (broad SMARTS) is 1. The van der Waals surface area contributed by atoms with Gasteiger partial charge in [-0.25, -0.2) is 4.79 Å². The van der Waals surface area contributed by atoms with Crippen molar-refractivity contribution in [2.24, 2.45) is 0 Å². The number of pyridine rings is 2. The average molecular weight is 657 g/mol. The second-order valence-electron chi connectivity index (χ2n) is 11.3. The van der Waals surface area contributed by atoms with E-state index in [0.717, 1.165) is 4.90 Å². The number of benzene rings is 3.